The molecule has 0 heterocycles. The predicted octanol–water partition coefficient (Wildman–Crippen LogP) is 3.32. The first-order chi connectivity index (χ1) is 14.0. The molecule has 1 amide bonds. The molecule has 1 saturated carbocycles. The van der Waals surface area contributed by atoms with Gasteiger partial charge in [-0.25, -0.2) is 13.1 Å². The smallest absolute Gasteiger partial charge is 0.262 e. The molecule has 0 saturated heterocycles. The van der Waals surface area contributed by atoms with Gasteiger partial charge in [0.1, 0.15) is 0 Å². The van der Waals surface area contributed by atoms with Crippen molar-refractivity contribution in [2.75, 3.05) is 19.0 Å². The summed E-state index contributed by atoms with van der Waals surface area (Å²) < 4.78 is 38.5. The van der Waals surface area contributed by atoms with E-state index in [2.05, 4.69) is 10.0 Å². The van der Waals surface area contributed by atoms with Crippen LogP contribution in [0.15, 0.2) is 53.4 Å². The highest BCUT2D eigenvalue weighted by atomic mass is 32.2. The van der Waals surface area contributed by atoms with Gasteiger partial charge in [0.05, 0.1) is 12.0 Å². The van der Waals surface area contributed by atoms with Crippen LogP contribution in [0.1, 0.15) is 32.1 Å². The molecule has 0 spiro atoms. The van der Waals surface area contributed by atoms with E-state index in [1.54, 1.807) is 30.3 Å². The highest BCUT2D eigenvalue weighted by Gasteiger charge is 2.21. The number of amides is 1. The number of sulfonamides is 1. The molecule has 0 aliphatic heterocycles. The Labute approximate surface area is 171 Å². The molecule has 1 aliphatic carbocycles. The number of hydrogen-bond donors (Lipinski definition) is 2. The van der Waals surface area contributed by atoms with E-state index in [1.807, 2.05) is 6.07 Å². The number of carbonyl (C=O) groups is 1. The number of anilines is 1. The van der Waals surface area contributed by atoms with E-state index in [4.69, 9.17) is 9.47 Å². The highest BCUT2D eigenvalue weighted by molar-refractivity contribution is 7.89. The van der Waals surface area contributed by atoms with E-state index < -0.39 is 10.0 Å². The minimum atomic E-state index is -3.56. The van der Waals surface area contributed by atoms with E-state index in [0.717, 1.165) is 32.1 Å². The summed E-state index contributed by atoms with van der Waals surface area (Å²) in [6, 6.07) is 13.2. The van der Waals surface area contributed by atoms with Crippen LogP contribution < -0.4 is 19.5 Å². The number of nitrogens with one attached hydrogen (secondary N) is 2. The van der Waals surface area contributed by atoms with Crippen molar-refractivity contribution < 1.29 is 22.7 Å². The van der Waals surface area contributed by atoms with E-state index >= 15 is 0 Å². The third kappa shape index (κ3) is 5.95. The molecule has 0 radical (unpaired) electrons. The van der Waals surface area contributed by atoms with Gasteiger partial charge in [-0.3, -0.25) is 4.79 Å². The normalized spacial score (nSPS) is 14.9. The summed E-state index contributed by atoms with van der Waals surface area (Å²) in [5, 5.41) is 2.69. The SMILES string of the molecule is COc1ccccc1OCC(=O)Nc1ccc(S(=O)(=O)NC2CCCCC2)cc1. The molecule has 7 nitrogen and oxygen atoms in total. The average molecular weight is 419 g/mol. The zero-order valence-electron chi connectivity index (χ0n) is 16.4. The zero-order chi connectivity index (χ0) is 20.7. The number of para-hydroxylation sites is 2. The summed E-state index contributed by atoms with van der Waals surface area (Å²) in [4.78, 5) is 12.3. The Kier molecular flexibility index (Phi) is 7.11. The van der Waals surface area contributed by atoms with Crippen molar-refractivity contribution >= 4 is 21.6 Å². The second-order valence-corrected chi connectivity index (χ2v) is 8.68. The molecule has 29 heavy (non-hydrogen) atoms. The second-order valence-electron chi connectivity index (χ2n) is 6.97. The largest absolute Gasteiger partial charge is 0.493 e. The zero-order valence-corrected chi connectivity index (χ0v) is 17.2. The van der Waals surface area contributed by atoms with Crippen LogP contribution in [-0.2, 0) is 14.8 Å². The van der Waals surface area contributed by atoms with Gasteiger partial charge in [-0.1, -0.05) is 31.4 Å². The van der Waals surface area contributed by atoms with Crippen molar-refractivity contribution in [1.29, 1.82) is 0 Å². The van der Waals surface area contributed by atoms with Crippen molar-refractivity contribution in [2.24, 2.45) is 0 Å². The fourth-order valence-electron chi connectivity index (χ4n) is 3.30. The molecule has 8 heteroatoms. The first kappa shape index (κ1) is 21.1. The Morgan fingerprint density at radius 1 is 1.00 bits per heavy atom. The molecular formula is C21H26N2O5S. The molecule has 0 bridgehead atoms. The fourth-order valence-corrected chi connectivity index (χ4v) is 4.61. The standard InChI is InChI=1S/C21H26N2O5S/c1-27-19-9-5-6-10-20(19)28-15-21(24)22-16-11-13-18(14-12-16)29(25,26)23-17-7-3-2-4-8-17/h5-6,9-14,17,23H,2-4,7-8,15H2,1H3,(H,22,24). The topological polar surface area (TPSA) is 93.7 Å². The lowest BCUT2D eigenvalue weighted by atomic mass is 9.96. The maximum Gasteiger partial charge on any atom is 0.262 e. The van der Waals surface area contributed by atoms with Gasteiger partial charge in [-0.15, -0.1) is 0 Å². The average Bonchev–Trinajstić information content (AvgIpc) is 2.73. The van der Waals surface area contributed by atoms with Gasteiger partial charge >= 0.3 is 0 Å². The van der Waals surface area contributed by atoms with Gasteiger partial charge in [0.15, 0.2) is 18.1 Å². The van der Waals surface area contributed by atoms with Crippen molar-refractivity contribution in [1.82, 2.24) is 4.72 Å². The molecule has 2 aromatic rings. The molecule has 0 atom stereocenters. The van der Waals surface area contributed by atoms with E-state index in [9.17, 15) is 13.2 Å². The van der Waals surface area contributed by atoms with Gasteiger partial charge in [0.25, 0.3) is 5.91 Å². The third-order valence-corrected chi connectivity index (χ3v) is 6.34. The number of benzene rings is 2. The number of ether oxygens (including phenoxy) is 2. The summed E-state index contributed by atoms with van der Waals surface area (Å²) in [6.07, 6.45) is 5.01. The Hall–Kier alpha value is -2.58. The van der Waals surface area contributed by atoms with Crippen LogP contribution in [0, 0.1) is 0 Å². The van der Waals surface area contributed by atoms with Crippen molar-refractivity contribution in [3.63, 3.8) is 0 Å². The summed E-state index contributed by atoms with van der Waals surface area (Å²) in [7, 11) is -2.03. The minimum Gasteiger partial charge on any atom is -0.493 e. The quantitative estimate of drug-likeness (QED) is 0.686. The van der Waals surface area contributed by atoms with Gasteiger partial charge in [0, 0.05) is 11.7 Å². The van der Waals surface area contributed by atoms with E-state index in [1.165, 1.54) is 19.2 Å². The lowest BCUT2D eigenvalue weighted by Crippen LogP contribution is -2.36. The highest BCUT2D eigenvalue weighted by Crippen LogP contribution is 2.25. The molecule has 3 rings (SSSR count). The van der Waals surface area contributed by atoms with Gasteiger partial charge in [-0.2, -0.15) is 0 Å². The summed E-state index contributed by atoms with van der Waals surface area (Å²) in [6.45, 7) is -0.191. The molecule has 156 valence electrons. The Bertz CT molecular complexity index is 922. The first-order valence-electron chi connectivity index (χ1n) is 9.66. The van der Waals surface area contributed by atoms with Crippen molar-refractivity contribution in [3.05, 3.63) is 48.5 Å². The summed E-state index contributed by atoms with van der Waals surface area (Å²) in [5.41, 5.74) is 0.496. The maximum absolute atomic E-state index is 12.5. The van der Waals surface area contributed by atoms with Crippen molar-refractivity contribution in [3.8, 4) is 11.5 Å². The lowest BCUT2D eigenvalue weighted by Gasteiger charge is -2.22. The Morgan fingerprint density at radius 3 is 2.31 bits per heavy atom. The second kappa shape index (κ2) is 9.76. The van der Waals surface area contributed by atoms with Crippen LogP contribution in [0.5, 0.6) is 11.5 Å². The van der Waals surface area contributed by atoms with Gasteiger partial charge in [0.2, 0.25) is 10.0 Å². The summed E-state index contributed by atoms with van der Waals surface area (Å²) >= 11 is 0. The number of methoxy groups -OCH3 is 1. The van der Waals surface area contributed by atoms with Crippen LogP contribution in [0.3, 0.4) is 0 Å². The number of hydrogen-bond acceptors (Lipinski definition) is 5. The van der Waals surface area contributed by atoms with Crippen molar-refractivity contribution in [2.45, 2.75) is 43.0 Å². The van der Waals surface area contributed by atoms with Gasteiger partial charge in [-0.05, 0) is 49.2 Å². The predicted molar refractivity (Wildman–Crippen MR) is 111 cm³/mol. The summed E-state index contributed by atoms with van der Waals surface area (Å²) in [5.74, 6) is 0.660. The maximum atomic E-state index is 12.5. The first-order valence-corrected chi connectivity index (χ1v) is 11.1. The molecule has 1 aliphatic rings. The minimum absolute atomic E-state index is 0.000237. The molecule has 2 aromatic carbocycles. The van der Waals surface area contributed by atoms with Crippen LogP contribution in [0.25, 0.3) is 0 Å². The number of carbonyl (C=O) groups excluding carboxylic acids is 1. The van der Waals surface area contributed by atoms with Gasteiger partial charge < -0.3 is 14.8 Å². The molecule has 0 aromatic heterocycles. The number of rotatable bonds is 8. The molecule has 0 unspecified atom stereocenters. The van der Waals surface area contributed by atoms with E-state index in [-0.39, 0.29) is 23.5 Å². The molecular weight excluding hydrogens is 392 g/mol. The Morgan fingerprint density at radius 2 is 1.66 bits per heavy atom. The van der Waals surface area contributed by atoms with E-state index in [0.29, 0.717) is 17.2 Å². The molecule has 2 N–H and O–H groups in total. The fraction of sp³-hybridized carbons (Fsp3) is 0.381. The van der Waals surface area contributed by atoms with Crippen LogP contribution in [-0.4, -0.2) is 34.1 Å². The third-order valence-electron chi connectivity index (χ3n) is 4.80. The van der Waals surface area contributed by atoms with Crippen LogP contribution in [0.4, 0.5) is 5.69 Å². The van der Waals surface area contributed by atoms with Crippen LogP contribution in [0.2, 0.25) is 0 Å². The Balaban J connectivity index is 1.54. The molecule has 1 fully saturated rings. The van der Waals surface area contributed by atoms with Crippen LogP contribution >= 0.6 is 0 Å². The lowest BCUT2D eigenvalue weighted by molar-refractivity contribution is -0.118. The monoisotopic (exact) mass is 418 g/mol.